The molecule has 18 heavy (non-hydrogen) atoms. The van der Waals surface area contributed by atoms with E-state index in [0.29, 0.717) is 25.0 Å². The van der Waals surface area contributed by atoms with Gasteiger partial charge in [-0.2, -0.15) is 4.98 Å². The third-order valence-corrected chi connectivity index (χ3v) is 2.92. The van der Waals surface area contributed by atoms with Crippen molar-refractivity contribution in [2.45, 2.75) is 39.2 Å². The second-order valence-corrected chi connectivity index (χ2v) is 5.01. The molecular formula is C13H21N3O2. The average molecular weight is 251 g/mol. The van der Waals surface area contributed by atoms with Gasteiger partial charge >= 0.3 is 0 Å². The van der Waals surface area contributed by atoms with Gasteiger partial charge in [-0.3, -0.25) is 0 Å². The minimum absolute atomic E-state index is 0.0736. The molecule has 1 fully saturated rings. The monoisotopic (exact) mass is 251 g/mol. The summed E-state index contributed by atoms with van der Waals surface area (Å²) in [7, 11) is 0. The summed E-state index contributed by atoms with van der Waals surface area (Å²) < 4.78 is 11.0. The lowest BCUT2D eigenvalue weighted by molar-refractivity contribution is 0.185. The van der Waals surface area contributed by atoms with Gasteiger partial charge < -0.3 is 14.8 Å². The molecule has 1 aromatic rings. The van der Waals surface area contributed by atoms with E-state index in [1.165, 1.54) is 0 Å². The van der Waals surface area contributed by atoms with Crippen LogP contribution in [0.15, 0.2) is 6.07 Å². The molecule has 5 heteroatoms. The Morgan fingerprint density at radius 3 is 3.00 bits per heavy atom. The van der Waals surface area contributed by atoms with Gasteiger partial charge in [0.05, 0.1) is 18.8 Å². The van der Waals surface area contributed by atoms with Gasteiger partial charge in [-0.05, 0) is 26.7 Å². The van der Waals surface area contributed by atoms with Crippen LogP contribution in [0.1, 0.15) is 32.4 Å². The van der Waals surface area contributed by atoms with E-state index in [1.807, 2.05) is 13.0 Å². The van der Waals surface area contributed by atoms with Crippen molar-refractivity contribution in [2.24, 2.45) is 0 Å². The highest BCUT2D eigenvalue weighted by molar-refractivity contribution is 5.34. The Hall–Kier alpha value is -1.36. The van der Waals surface area contributed by atoms with Crippen molar-refractivity contribution in [1.29, 1.82) is 0 Å². The van der Waals surface area contributed by atoms with Crippen molar-refractivity contribution in [3.05, 3.63) is 11.8 Å². The molecule has 0 spiro atoms. The fourth-order valence-electron chi connectivity index (χ4n) is 1.91. The molecule has 0 radical (unpaired) electrons. The topological polar surface area (TPSA) is 56.3 Å². The summed E-state index contributed by atoms with van der Waals surface area (Å²) in [6.07, 6.45) is 1.94. The molecule has 1 aromatic heterocycles. The maximum atomic E-state index is 5.55. The molecule has 5 nitrogen and oxygen atoms in total. The fraction of sp³-hybridized carbons (Fsp3) is 0.692. The maximum Gasteiger partial charge on any atom is 0.226 e. The summed E-state index contributed by atoms with van der Waals surface area (Å²) in [5, 5.41) is 3.35. The molecule has 1 unspecified atom stereocenters. The zero-order chi connectivity index (χ0) is 13.0. The molecule has 1 aliphatic heterocycles. The van der Waals surface area contributed by atoms with Crippen molar-refractivity contribution in [1.82, 2.24) is 9.97 Å². The highest BCUT2D eigenvalue weighted by Gasteiger charge is 2.30. The standard InChI is InChI=1S/C13H21N3O2/c1-4-6-18-11-8-10(2)14-12(15-11)16-13(3)5-7-17-9-13/h8H,4-7,9H2,1-3H3,(H,14,15,16). The van der Waals surface area contributed by atoms with E-state index in [1.54, 1.807) is 0 Å². The Morgan fingerprint density at radius 2 is 2.33 bits per heavy atom. The normalized spacial score (nSPS) is 23.1. The number of hydrogen-bond acceptors (Lipinski definition) is 5. The number of nitrogens with zero attached hydrogens (tertiary/aromatic N) is 2. The first-order valence-corrected chi connectivity index (χ1v) is 6.46. The van der Waals surface area contributed by atoms with E-state index in [0.717, 1.165) is 25.1 Å². The van der Waals surface area contributed by atoms with Crippen LogP contribution in [0.25, 0.3) is 0 Å². The van der Waals surface area contributed by atoms with Gasteiger partial charge in [-0.1, -0.05) is 6.92 Å². The van der Waals surface area contributed by atoms with Crippen molar-refractivity contribution >= 4 is 5.95 Å². The van der Waals surface area contributed by atoms with Gasteiger partial charge in [0.25, 0.3) is 0 Å². The van der Waals surface area contributed by atoms with Crippen LogP contribution in [-0.4, -0.2) is 35.3 Å². The largest absolute Gasteiger partial charge is 0.478 e. The van der Waals surface area contributed by atoms with Gasteiger partial charge in [0.2, 0.25) is 11.8 Å². The second kappa shape index (κ2) is 5.52. The maximum absolute atomic E-state index is 5.55. The lowest BCUT2D eigenvalue weighted by Crippen LogP contribution is -2.35. The molecule has 1 aliphatic rings. The fourth-order valence-corrected chi connectivity index (χ4v) is 1.91. The average Bonchev–Trinajstić information content (AvgIpc) is 2.72. The summed E-state index contributed by atoms with van der Waals surface area (Å²) >= 11 is 0. The van der Waals surface area contributed by atoms with Crippen LogP contribution >= 0.6 is 0 Å². The number of anilines is 1. The second-order valence-electron chi connectivity index (χ2n) is 5.01. The number of nitrogens with one attached hydrogen (secondary N) is 1. The molecule has 0 bridgehead atoms. The molecular weight excluding hydrogens is 230 g/mol. The van der Waals surface area contributed by atoms with Crippen molar-refractivity contribution in [3.63, 3.8) is 0 Å². The number of aryl methyl sites for hydroxylation is 1. The van der Waals surface area contributed by atoms with Crippen LogP contribution in [0.4, 0.5) is 5.95 Å². The molecule has 100 valence electrons. The van der Waals surface area contributed by atoms with Crippen LogP contribution in [0.3, 0.4) is 0 Å². The highest BCUT2D eigenvalue weighted by Crippen LogP contribution is 2.23. The van der Waals surface area contributed by atoms with E-state index in [2.05, 4.69) is 29.1 Å². The summed E-state index contributed by atoms with van der Waals surface area (Å²) in [5.74, 6) is 1.25. The first-order chi connectivity index (χ1) is 8.61. The summed E-state index contributed by atoms with van der Waals surface area (Å²) in [6, 6.07) is 1.86. The van der Waals surface area contributed by atoms with Crippen LogP contribution in [0, 0.1) is 6.92 Å². The predicted molar refractivity (Wildman–Crippen MR) is 70.0 cm³/mol. The number of ether oxygens (including phenoxy) is 2. The van der Waals surface area contributed by atoms with Crippen LogP contribution < -0.4 is 10.1 Å². The third kappa shape index (κ3) is 3.32. The highest BCUT2D eigenvalue weighted by atomic mass is 16.5. The first kappa shape index (κ1) is 13.1. The van der Waals surface area contributed by atoms with Crippen LogP contribution in [0.2, 0.25) is 0 Å². The van der Waals surface area contributed by atoms with E-state index in [4.69, 9.17) is 9.47 Å². The summed E-state index contributed by atoms with van der Waals surface area (Å²) in [5.41, 5.74) is 0.830. The Morgan fingerprint density at radius 1 is 1.50 bits per heavy atom. The zero-order valence-electron chi connectivity index (χ0n) is 11.3. The number of hydrogen-bond donors (Lipinski definition) is 1. The van der Waals surface area contributed by atoms with Gasteiger partial charge in [0, 0.05) is 18.4 Å². The molecule has 0 aliphatic carbocycles. The molecule has 0 amide bonds. The smallest absolute Gasteiger partial charge is 0.226 e. The van der Waals surface area contributed by atoms with Crippen molar-refractivity contribution < 1.29 is 9.47 Å². The zero-order valence-corrected chi connectivity index (χ0v) is 11.3. The molecule has 1 atom stereocenters. The van der Waals surface area contributed by atoms with Gasteiger partial charge in [-0.25, -0.2) is 4.98 Å². The van der Waals surface area contributed by atoms with Crippen LogP contribution in [0.5, 0.6) is 5.88 Å². The first-order valence-electron chi connectivity index (χ1n) is 6.46. The Kier molecular flexibility index (Phi) is 4.01. The van der Waals surface area contributed by atoms with Crippen molar-refractivity contribution in [3.8, 4) is 5.88 Å². The molecule has 1 saturated heterocycles. The van der Waals surface area contributed by atoms with Gasteiger partial charge in [0.1, 0.15) is 0 Å². The Bertz CT molecular complexity index is 403. The number of rotatable bonds is 5. The molecule has 2 heterocycles. The summed E-state index contributed by atoms with van der Waals surface area (Å²) in [6.45, 7) is 8.29. The van der Waals surface area contributed by atoms with Gasteiger partial charge in [0.15, 0.2) is 0 Å². The predicted octanol–water partition coefficient (Wildman–Crippen LogP) is 2.16. The number of aromatic nitrogens is 2. The molecule has 0 saturated carbocycles. The lowest BCUT2D eigenvalue weighted by Gasteiger charge is -2.23. The quantitative estimate of drug-likeness (QED) is 0.869. The summed E-state index contributed by atoms with van der Waals surface area (Å²) in [4.78, 5) is 8.77. The molecule has 2 rings (SSSR count). The lowest BCUT2D eigenvalue weighted by atomic mass is 10.0. The Balaban J connectivity index is 2.09. The minimum atomic E-state index is -0.0736. The SMILES string of the molecule is CCCOc1cc(C)nc(NC2(C)CCOC2)n1. The third-order valence-electron chi connectivity index (χ3n) is 2.92. The molecule has 0 aromatic carbocycles. The van der Waals surface area contributed by atoms with Crippen molar-refractivity contribution in [2.75, 3.05) is 25.1 Å². The van der Waals surface area contributed by atoms with E-state index >= 15 is 0 Å². The van der Waals surface area contributed by atoms with Crippen LogP contribution in [-0.2, 0) is 4.74 Å². The van der Waals surface area contributed by atoms with E-state index in [9.17, 15) is 0 Å². The van der Waals surface area contributed by atoms with Gasteiger partial charge in [-0.15, -0.1) is 0 Å². The molecule has 1 N–H and O–H groups in total. The Labute approximate surface area is 108 Å². The van der Waals surface area contributed by atoms with E-state index < -0.39 is 0 Å². The van der Waals surface area contributed by atoms with E-state index in [-0.39, 0.29) is 5.54 Å². The minimum Gasteiger partial charge on any atom is -0.478 e.